The Balaban J connectivity index is 2.25. The molecule has 0 fully saturated rings. The number of rotatable bonds is 5. The predicted octanol–water partition coefficient (Wildman–Crippen LogP) is 0.594. The highest BCUT2D eigenvalue weighted by molar-refractivity contribution is 5.55. The minimum Gasteiger partial charge on any atom is -0.334 e. The van der Waals surface area contributed by atoms with Gasteiger partial charge in [0.15, 0.2) is 5.82 Å². The Kier molecular flexibility index (Phi) is 3.96. The van der Waals surface area contributed by atoms with Crippen molar-refractivity contribution in [2.45, 2.75) is 19.4 Å². The van der Waals surface area contributed by atoms with Crippen LogP contribution >= 0.6 is 0 Å². The fourth-order valence-electron chi connectivity index (χ4n) is 1.94. The van der Waals surface area contributed by atoms with Crippen molar-refractivity contribution in [2.75, 3.05) is 20.6 Å². The Morgan fingerprint density at radius 2 is 2.21 bits per heavy atom. The molecule has 0 aliphatic heterocycles. The molecule has 0 aliphatic carbocycles. The summed E-state index contributed by atoms with van der Waals surface area (Å²) < 4.78 is 7.04. The van der Waals surface area contributed by atoms with Crippen molar-refractivity contribution in [2.24, 2.45) is 12.8 Å². The van der Waals surface area contributed by atoms with Gasteiger partial charge >= 0.3 is 0 Å². The maximum Gasteiger partial charge on any atom is 0.261 e. The largest absolute Gasteiger partial charge is 0.334 e. The SMILES string of the molecule is CCc1nn(C)cc1-c1nc(C(N)CN(C)C)no1. The number of aryl methyl sites for hydroxylation is 2. The van der Waals surface area contributed by atoms with E-state index in [2.05, 4.69) is 15.2 Å². The Hall–Kier alpha value is -1.73. The van der Waals surface area contributed by atoms with Gasteiger partial charge in [-0.1, -0.05) is 12.1 Å². The molecule has 7 heteroatoms. The van der Waals surface area contributed by atoms with Crippen molar-refractivity contribution in [1.29, 1.82) is 0 Å². The van der Waals surface area contributed by atoms with Gasteiger partial charge in [-0.2, -0.15) is 10.1 Å². The van der Waals surface area contributed by atoms with Crippen LogP contribution in [0.5, 0.6) is 0 Å². The van der Waals surface area contributed by atoms with Crippen LogP contribution in [-0.2, 0) is 13.5 Å². The molecule has 0 amide bonds. The molecule has 1 atom stereocenters. The summed E-state index contributed by atoms with van der Waals surface area (Å²) in [6, 6.07) is -0.255. The Morgan fingerprint density at radius 1 is 1.47 bits per heavy atom. The van der Waals surface area contributed by atoms with Crippen LogP contribution in [-0.4, -0.2) is 45.5 Å². The van der Waals surface area contributed by atoms with E-state index in [4.69, 9.17) is 10.3 Å². The van der Waals surface area contributed by atoms with E-state index in [9.17, 15) is 0 Å². The van der Waals surface area contributed by atoms with Gasteiger partial charge in [-0.25, -0.2) is 0 Å². The molecule has 0 bridgehead atoms. The summed E-state index contributed by atoms with van der Waals surface area (Å²) in [5.74, 6) is 1.00. The number of likely N-dealkylation sites (N-methyl/N-ethyl adjacent to an activating group) is 1. The van der Waals surface area contributed by atoms with E-state index in [0.29, 0.717) is 18.3 Å². The molecule has 0 aromatic carbocycles. The lowest BCUT2D eigenvalue weighted by Crippen LogP contribution is -2.26. The minimum atomic E-state index is -0.255. The second-order valence-corrected chi connectivity index (χ2v) is 4.84. The molecule has 2 aromatic heterocycles. The normalized spacial score (nSPS) is 13.2. The van der Waals surface area contributed by atoms with E-state index in [1.54, 1.807) is 4.68 Å². The maximum atomic E-state index is 6.02. The van der Waals surface area contributed by atoms with Gasteiger partial charge < -0.3 is 15.2 Å². The first kappa shape index (κ1) is 13.7. The maximum absolute atomic E-state index is 6.02. The van der Waals surface area contributed by atoms with Gasteiger partial charge in [0.2, 0.25) is 0 Å². The van der Waals surface area contributed by atoms with Crippen LogP contribution in [0.3, 0.4) is 0 Å². The zero-order chi connectivity index (χ0) is 14.0. The van der Waals surface area contributed by atoms with E-state index in [1.165, 1.54) is 0 Å². The molecular weight excluding hydrogens is 244 g/mol. The number of nitrogens with zero attached hydrogens (tertiary/aromatic N) is 5. The van der Waals surface area contributed by atoms with Crippen molar-refractivity contribution in [1.82, 2.24) is 24.8 Å². The lowest BCUT2D eigenvalue weighted by atomic mass is 10.2. The molecule has 7 nitrogen and oxygen atoms in total. The monoisotopic (exact) mass is 264 g/mol. The summed E-state index contributed by atoms with van der Waals surface area (Å²) >= 11 is 0. The third-order valence-electron chi connectivity index (χ3n) is 2.81. The minimum absolute atomic E-state index is 0.255. The molecule has 2 aromatic rings. The zero-order valence-corrected chi connectivity index (χ0v) is 11.8. The number of hydrogen-bond donors (Lipinski definition) is 1. The van der Waals surface area contributed by atoms with Crippen molar-refractivity contribution in [3.8, 4) is 11.5 Å². The number of hydrogen-bond acceptors (Lipinski definition) is 6. The third kappa shape index (κ3) is 2.99. The van der Waals surface area contributed by atoms with Gasteiger partial charge in [-0.15, -0.1) is 0 Å². The summed E-state index contributed by atoms with van der Waals surface area (Å²) in [5, 5.41) is 8.31. The van der Waals surface area contributed by atoms with E-state index in [-0.39, 0.29) is 6.04 Å². The van der Waals surface area contributed by atoms with Crippen molar-refractivity contribution < 1.29 is 4.52 Å². The lowest BCUT2D eigenvalue weighted by molar-refractivity contribution is 0.357. The van der Waals surface area contributed by atoms with E-state index in [1.807, 2.05) is 39.2 Å². The first-order valence-electron chi connectivity index (χ1n) is 6.28. The molecule has 0 spiro atoms. The highest BCUT2D eigenvalue weighted by atomic mass is 16.5. The van der Waals surface area contributed by atoms with Crippen LogP contribution in [0, 0.1) is 0 Å². The van der Waals surface area contributed by atoms with E-state index in [0.717, 1.165) is 17.7 Å². The molecule has 2 N–H and O–H groups in total. The van der Waals surface area contributed by atoms with Crippen LogP contribution in [0.2, 0.25) is 0 Å². The van der Waals surface area contributed by atoms with Crippen molar-refractivity contribution in [3.63, 3.8) is 0 Å². The first-order chi connectivity index (χ1) is 9.01. The molecule has 104 valence electrons. The number of aromatic nitrogens is 4. The van der Waals surface area contributed by atoms with Crippen LogP contribution in [0.4, 0.5) is 0 Å². The van der Waals surface area contributed by atoms with Crippen LogP contribution < -0.4 is 5.73 Å². The standard InChI is InChI=1S/C12H20N6O/c1-5-10-8(6-18(4)15-10)12-14-11(16-19-12)9(13)7-17(2)3/h6,9H,5,7,13H2,1-4H3. The average Bonchev–Trinajstić information content (AvgIpc) is 2.93. The molecule has 19 heavy (non-hydrogen) atoms. The highest BCUT2D eigenvalue weighted by Crippen LogP contribution is 2.22. The van der Waals surface area contributed by atoms with Gasteiger partial charge in [0.25, 0.3) is 5.89 Å². The molecule has 0 aliphatic rings. The van der Waals surface area contributed by atoms with Crippen LogP contribution in [0.15, 0.2) is 10.7 Å². The lowest BCUT2D eigenvalue weighted by Gasteiger charge is -2.12. The molecular formula is C12H20N6O. The zero-order valence-electron chi connectivity index (χ0n) is 11.8. The predicted molar refractivity (Wildman–Crippen MR) is 71.4 cm³/mol. The number of nitrogens with two attached hydrogens (primary N) is 1. The van der Waals surface area contributed by atoms with Gasteiger partial charge in [0.1, 0.15) is 0 Å². The molecule has 0 saturated carbocycles. The molecule has 0 saturated heterocycles. The second kappa shape index (κ2) is 5.50. The van der Waals surface area contributed by atoms with Crippen LogP contribution in [0.1, 0.15) is 24.5 Å². The van der Waals surface area contributed by atoms with Gasteiger partial charge in [-0.3, -0.25) is 4.68 Å². The van der Waals surface area contributed by atoms with Crippen LogP contribution in [0.25, 0.3) is 11.5 Å². The summed E-state index contributed by atoms with van der Waals surface area (Å²) in [6.45, 7) is 2.72. The second-order valence-electron chi connectivity index (χ2n) is 4.84. The van der Waals surface area contributed by atoms with E-state index < -0.39 is 0 Å². The highest BCUT2D eigenvalue weighted by Gasteiger charge is 2.19. The van der Waals surface area contributed by atoms with Crippen molar-refractivity contribution in [3.05, 3.63) is 17.7 Å². The van der Waals surface area contributed by atoms with Crippen molar-refractivity contribution >= 4 is 0 Å². The van der Waals surface area contributed by atoms with Gasteiger partial charge in [0, 0.05) is 19.8 Å². The Morgan fingerprint density at radius 3 is 2.84 bits per heavy atom. The fraction of sp³-hybridized carbons (Fsp3) is 0.583. The van der Waals surface area contributed by atoms with Gasteiger partial charge in [-0.05, 0) is 20.5 Å². The fourth-order valence-corrected chi connectivity index (χ4v) is 1.94. The van der Waals surface area contributed by atoms with Gasteiger partial charge in [0.05, 0.1) is 17.3 Å². The summed E-state index contributed by atoms with van der Waals surface area (Å²) in [5.41, 5.74) is 7.83. The Bertz CT molecular complexity index is 544. The quantitative estimate of drug-likeness (QED) is 0.850. The summed E-state index contributed by atoms with van der Waals surface area (Å²) in [7, 11) is 5.78. The Labute approximate surface area is 112 Å². The molecule has 2 rings (SSSR count). The first-order valence-corrected chi connectivity index (χ1v) is 6.28. The third-order valence-corrected chi connectivity index (χ3v) is 2.81. The molecule has 0 radical (unpaired) electrons. The topological polar surface area (TPSA) is 86.0 Å². The molecule has 1 unspecified atom stereocenters. The summed E-state index contributed by atoms with van der Waals surface area (Å²) in [4.78, 5) is 6.36. The molecule has 2 heterocycles. The summed E-state index contributed by atoms with van der Waals surface area (Å²) in [6.07, 6.45) is 2.70. The van der Waals surface area contributed by atoms with E-state index >= 15 is 0 Å². The average molecular weight is 264 g/mol. The smallest absolute Gasteiger partial charge is 0.261 e.